The van der Waals surface area contributed by atoms with Crippen molar-refractivity contribution in [3.05, 3.63) is 156 Å². The molecule has 0 fully saturated rings. The molecule has 0 aliphatic heterocycles. The molecule has 0 heterocycles. The first-order valence-corrected chi connectivity index (χ1v) is 14.1. The van der Waals surface area contributed by atoms with Gasteiger partial charge < -0.3 is 10.2 Å². The summed E-state index contributed by atoms with van der Waals surface area (Å²) in [6.07, 6.45) is 11.0. The first kappa shape index (κ1) is 26.8. The van der Waals surface area contributed by atoms with Crippen LogP contribution in [-0.4, -0.2) is 6.54 Å². The minimum Gasteiger partial charge on any atom is -0.385 e. The molecular weight excluding hydrogens is 484 g/mol. The number of anilines is 4. The van der Waals surface area contributed by atoms with Crippen LogP contribution in [0.1, 0.15) is 42.0 Å². The van der Waals surface area contributed by atoms with Crippen LogP contribution in [0.15, 0.2) is 133 Å². The smallest absolute Gasteiger partial charge is 0.0463 e. The minimum atomic E-state index is 0.996. The lowest BCUT2D eigenvalue weighted by Gasteiger charge is -2.26. The van der Waals surface area contributed by atoms with Crippen LogP contribution in [0.4, 0.5) is 22.7 Å². The molecule has 0 spiro atoms. The van der Waals surface area contributed by atoms with E-state index in [1.165, 1.54) is 35.1 Å². The van der Waals surface area contributed by atoms with Crippen LogP contribution in [0.5, 0.6) is 0 Å². The molecule has 2 nitrogen and oxygen atoms in total. The van der Waals surface area contributed by atoms with Crippen molar-refractivity contribution in [3.8, 4) is 0 Å². The van der Waals surface area contributed by atoms with Gasteiger partial charge >= 0.3 is 0 Å². The lowest BCUT2D eigenvalue weighted by Crippen LogP contribution is -2.10. The molecule has 0 unspecified atom stereocenters. The molecule has 5 aromatic rings. The predicted molar refractivity (Wildman–Crippen MR) is 175 cm³/mol. The summed E-state index contributed by atoms with van der Waals surface area (Å²) in [7, 11) is 0. The predicted octanol–water partition coefficient (Wildman–Crippen LogP) is 10.7. The second kappa shape index (κ2) is 13.8. The maximum atomic E-state index is 3.53. The number of nitrogens with one attached hydrogen (secondary N) is 1. The Morgan fingerprint density at radius 2 is 0.850 bits per heavy atom. The molecule has 0 saturated carbocycles. The number of nitrogens with zero attached hydrogens (tertiary/aromatic N) is 1. The molecule has 0 aromatic heterocycles. The highest BCUT2D eigenvalue weighted by molar-refractivity contribution is 5.80. The summed E-state index contributed by atoms with van der Waals surface area (Å²) in [5, 5.41) is 3.53. The van der Waals surface area contributed by atoms with Gasteiger partial charge in [0.15, 0.2) is 0 Å². The van der Waals surface area contributed by atoms with Gasteiger partial charge in [0, 0.05) is 29.3 Å². The number of hydrogen-bond donors (Lipinski definition) is 1. The van der Waals surface area contributed by atoms with Crippen molar-refractivity contribution in [3.63, 3.8) is 0 Å². The number of benzene rings is 5. The Bertz CT molecular complexity index is 1410. The van der Waals surface area contributed by atoms with Crippen LogP contribution >= 0.6 is 0 Å². The van der Waals surface area contributed by atoms with Gasteiger partial charge in [0.2, 0.25) is 0 Å². The van der Waals surface area contributed by atoms with Gasteiger partial charge in [-0.25, -0.2) is 0 Å². The van der Waals surface area contributed by atoms with Crippen molar-refractivity contribution >= 4 is 47.1 Å². The van der Waals surface area contributed by atoms with E-state index in [4.69, 9.17) is 0 Å². The van der Waals surface area contributed by atoms with Crippen LogP contribution in [0.25, 0.3) is 24.3 Å². The molecule has 1 N–H and O–H groups in total. The Morgan fingerprint density at radius 1 is 0.475 bits per heavy atom. The highest BCUT2D eigenvalue weighted by Gasteiger charge is 2.12. The highest BCUT2D eigenvalue weighted by Crippen LogP contribution is 2.35. The fourth-order valence-corrected chi connectivity index (χ4v) is 4.57. The first-order chi connectivity index (χ1) is 19.8. The number of rotatable bonds is 11. The molecule has 0 aliphatic rings. The van der Waals surface area contributed by atoms with Gasteiger partial charge in [0.1, 0.15) is 0 Å². The van der Waals surface area contributed by atoms with Crippen molar-refractivity contribution < 1.29 is 0 Å². The van der Waals surface area contributed by atoms with Crippen molar-refractivity contribution in [1.29, 1.82) is 0 Å². The zero-order valence-corrected chi connectivity index (χ0v) is 23.1. The SMILES string of the molecule is CCCCNc1ccc(N(c2ccc(/C=C/c3ccccc3)cc2)c2ccc(/C=C/c3ccccc3)cc2)cc1. The second-order valence-electron chi connectivity index (χ2n) is 9.83. The monoisotopic (exact) mass is 520 g/mol. The summed E-state index contributed by atoms with van der Waals surface area (Å²) >= 11 is 0. The minimum absolute atomic E-state index is 0.996. The largest absolute Gasteiger partial charge is 0.385 e. The van der Waals surface area contributed by atoms with E-state index in [0.29, 0.717) is 0 Å². The molecule has 0 aliphatic carbocycles. The molecule has 40 heavy (non-hydrogen) atoms. The Morgan fingerprint density at radius 3 is 1.25 bits per heavy atom. The van der Waals surface area contributed by atoms with Gasteiger partial charge in [-0.1, -0.05) is 123 Å². The van der Waals surface area contributed by atoms with Crippen LogP contribution in [0.2, 0.25) is 0 Å². The molecule has 2 heteroatoms. The lowest BCUT2D eigenvalue weighted by molar-refractivity contribution is 0.834. The van der Waals surface area contributed by atoms with Gasteiger partial charge in [0.25, 0.3) is 0 Å². The lowest BCUT2D eigenvalue weighted by atomic mass is 10.1. The maximum Gasteiger partial charge on any atom is 0.0463 e. The Balaban J connectivity index is 1.40. The van der Waals surface area contributed by atoms with Crippen molar-refractivity contribution in [2.24, 2.45) is 0 Å². The molecule has 0 saturated heterocycles. The Kier molecular flexibility index (Phi) is 9.25. The van der Waals surface area contributed by atoms with E-state index in [9.17, 15) is 0 Å². The maximum absolute atomic E-state index is 3.53. The standard InChI is InChI=1S/C38H36N2/c1-2-3-30-39-35-22-28-38(29-23-35)40(36-24-18-33(19-25-36)16-14-31-10-6-4-7-11-31)37-26-20-34(21-27-37)17-15-32-12-8-5-9-13-32/h4-29,39H,2-3,30H2,1H3/b16-14+,17-15+. The van der Waals surface area contributed by atoms with E-state index in [2.05, 4.69) is 163 Å². The zero-order valence-electron chi connectivity index (χ0n) is 23.1. The molecule has 0 bridgehead atoms. The summed E-state index contributed by atoms with van der Waals surface area (Å²) < 4.78 is 0. The second-order valence-corrected chi connectivity index (χ2v) is 9.83. The molecule has 0 atom stereocenters. The molecule has 198 valence electrons. The third-order valence-corrected chi connectivity index (χ3v) is 6.82. The van der Waals surface area contributed by atoms with E-state index >= 15 is 0 Å². The van der Waals surface area contributed by atoms with Crippen LogP contribution < -0.4 is 10.2 Å². The first-order valence-electron chi connectivity index (χ1n) is 14.1. The molecule has 0 radical (unpaired) electrons. The highest BCUT2D eigenvalue weighted by atomic mass is 15.1. The van der Waals surface area contributed by atoms with Crippen molar-refractivity contribution in [2.45, 2.75) is 19.8 Å². The Labute approximate surface area is 239 Å². The summed E-state index contributed by atoms with van der Waals surface area (Å²) in [5.74, 6) is 0. The van der Waals surface area contributed by atoms with Gasteiger partial charge in [-0.05, 0) is 77.2 Å². The fourth-order valence-electron chi connectivity index (χ4n) is 4.57. The van der Waals surface area contributed by atoms with E-state index in [-0.39, 0.29) is 0 Å². The van der Waals surface area contributed by atoms with Crippen LogP contribution in [0, 0.1) is 0 Å². The van der Waals surface area contributed by atoms with Gasteiger partial charge in [-0.2, -0.15) is 0 Å². The van der Waals surface area contributed by atoms with Gasteiger partial charge in [-0.3, -0.25) is 0 Å². The fraction of sp³-hybridized carbons (Fsp3) is 0.105. The Hall–Kier alpha value is -4.82. The van der Waals surface area contributed by atoms with Crippen LogP contribution in [-0.2, 0) is 0 Å². The summed E-state index contributed by atoms with van der Waals surface area (Å²) in [6, 6.07) is 47.0. The molecule has 0 amide bonds. The van der Waals surface area contributed by atoms with E-state index in [0.717, 1.165) is 29.3 Å². The number of unbranched alkanes of at least 4 members (excludes halogenated alkanes) is 1. The molecular formula is C38H36N2. The van der Waals surface area contributed by atoms with Gasteiger partial charge in [-0.15, -0.1) is 0 Å². The van der Waals surface area contributed by atoms with E-state index < -0.39 is 0 Å². The van der Waals surface area contributed by atoms with Crippen molar-refractivity contribution in [2.75, 3.05) is 16.8 Å². The summed E-state index contributed by atoms with van der Waals surface area (Å²) in [4.78, 5) is 2.31. The molecule has 5 rings (SSSR count). The topological polar surface area (TPSA) is 15.3 Å². The molecule has 5 aromatic carbocycles. The third kappa shape index (κ3) is 7.39. The normalized spacial score (nSPS) is 11.2. The summed E-state index contributed by atoms with van der Waals surface area (Å²) in [6.45, 7) is 3.21. The van der Waals surface area contributed by atoms with Crippen LogP contribution in [0.3, 0.4) is 0 Å². The number of hydrogen-bond acceptors (Lipinski definition) is 2. The average Bonchev–Trinajstić information content (AvgIpc) is 3.02. The third-order valence-electron chi connectivity index (χ3n) is 6.82. The summed E-state index contributed by atoms with van der Waals surface area (Å²) in [5.41, 5.74) is 9.26. The van der Waals surface area contributed by atoms with Gasteiger partial charge in [0.05, 0.1) is 0 Å². The zero-order chi connectivity index (χ0) is 27.4. The van der Waals surface area contributed by atoms with Crippen molar-refractivity contribution in [1.82, 2.24) is 0 Å². The van der Waals surface area contributed by atoms with E-state index in [1.54, 1.807) is 0 Å². The average molecular weight is 521 g/mol. The quantitative estimate of drug-likeness (QED) is 0.138. The van der Waals surface area contributed by atoms with E-state index in [1.807, 2.05) is 12.1 Å².